The molecule has 3 aromatic heterocycles. The van der Waals surface area contributed by atoms with Gasteiger partial charge in [0.25, 0.3) is 0 Å². The first-order valence-corrected chi connectivity index (χ1v) is 7.31. The van der Waals surface area contributed by atoms with Crippen LogP contribution in [0.15, 0.2) is 24.5 Å². The lowest BCUT2D eigenvalue weighted by Crippen LogP contribution is -2.43. The lowest BCUT2D eigenvalue weighted by atomic mass is 10.1. The van der Waals surface area contributed by atoms with Crippen LogP contribution in [-0.2, 0) is 0 Å². The normalized spacial score (nSPS) is 24.5. The smallest absolute Gasteiger partial charge is 0.140 e. The zero-order valence-corrected chi connectivity index (χ0v) is 11.5. The van der Waals surface area contributed by atoms with Crippen LogP contribution in [0.25, 0.3) is 21.9 Å². The number of piperazine rings is 1. The lowest BCUT2D eigenvalue weighted by Gasteiger charge is -2.30. The number of nitrogens with two attached hydrogens (primary N) is 1. The Morgan fingerprint density at radius 2 is 2.29 bits per heavy atom. The fraction of sp³-hybridized carbons (Fsp3) is 0.333. The zero-order valence-electron chi connectivity index (χ0n) is 11.5. The fourth-order valence-electron chi connectivity index (χ4n) is 3.81. The molecule has 2 unspecified atom stereocenters. The number of nitrogens with one attached hydrogen (secondary N) is 2. The molecule has 2 atom stereocenters. The van der Waals surface area contributed by atoms with Crippen molar-refractivity contribution in [3.05, 3.63) is 24.5 Å². The SMILES string of the molecule is Nc1cc2c(cn1)[nH]c1nccc(N3CC4CC3CN4)c12. The summed E-state index contributed by atoms with van der Waals surface area (Å²) in [6.07, 6.45) is 4.90. The van der Waals surface area contributed by atoms with E-state index in [1.165, 1.54) is 12.1 Å². The third kappa shape index (κ3) is 1.50. The van der Waals surface area contributed by atoms with E-state index in [1.807, 2.05) is 12.3 Å². The number of hydrogen-bond donors (Lipinski definition) is 3. The summed E-state index contributed by atoms with van der Waals surface area (Å²) >= 11 is 0. The van der Waals surface area contributed by atoms with E-state index in [0.717, 1.165) is 35.0 Å². The van der Waals surface area contributed by atoms with Crippen LogP contribution >= 0.6 is 0 Å². The summed E-state index contributed by atoms with van der Waals surface area (Å²) in [6.45, 7) is 2.14. The van der Waals surface area contributed by atoms with E-state index >= 15 is 0 Å². The van der Waals surface area contributed by atoms with Gasteiger partial charge in [0.05, 0.1) is 22.8 Å². The molecule has 6 heteroatoms. The van der Waals surface area contributed by atoms with Crippen LogP contribution in [0.2, 0.25) is 0 Å². The van der Waals surface area contributed by atoms with Crippen LogP contribution in [0.3, 0.4) is 0 Å². The van der Waals surface area contributed by atoms with E-state index in [9.17, 15) is 0 Å². The Labute approximate surface area is 121 Å². The number of pyridine rings is 2. The first kappa shape index (κ1) is 11.3. The maximum absolute atomic E-state index is 5.87. The van der Waals surface area contributed by atoms with E-state index in [-0.39, 0.29) is 0 Å². The first-order chi connectivity index (χ1) is 10.3. The molecule has 2 bridgehead atoms. The minimum absolute atomic E-state index is 0.544. The van der Waals surface area contributed by atoms with E-state index < -0.39 is 0 Å². The third-order valence-corrected chi connectivity index (χ3v) is 4.74. The largest absolute Gasteiger partial charge is 0.384 e. The maximum Gasteiger partial charge on any atom is 0.140 e. The van der Waals surface area contributed by atoms with Crippen molar-refractivity contribution >= 4 is 33.4 Å². The van der Waals surface area contributed by atoms with Crippen molar-refractivity contribution in [3.63, 3.8) is 0 Å². The lowest BCUT2D eigenvalue weighted by molar-refractivity contribution is 0.581. The van der Waals surface area contributed by atoms with Gasteiger partial charge in [0, 0.05) is 36.8 Å². The average molecular weight is 280 g/mol. The zero-order chi connectivity index (χ0) is 14.0. The van der Waals surface area contributed by atoms with E-state index in [1.54, 1.807) is 6.20 Å². The molecule has 106 valence electrons. The highest BCUT2D eigenvalue weighted by Gasteiger charge is 2.38. The molecular formula is C15H16N6. The summed E-state index contributed by atoms with van der Waals surface area (Å²) < 4.78 is 0. The van der Waals surface area contributed by atoms with Crippen LogP contribution in [0.1, 0.15) is 6.42 Å². The third-order valence-electron chi connectivity index (χ3n) is 4.74. The number of rotatable bonds is 1. The Morgan fingerprint density at radius 3 is 3.10 bits per heavy atom. The second kappa shape index (κ2) is 3.85. The Bertz CT molecular complexity index is 854. The summed E-state index contributed by atoms with van der Waals surface area (Å²) in [5.74, 6) is 0.544. The van der Waals surface area contributed by atoms with Crippen molar-refractivity contribution in [3.8, 4) is 0 Å². The van der Waals surface area contributed by atoms with Crippen molar-refractivity contribution < 1.29 is 0 Å². The predicted octanol–water partition coefficient (Wildman–Crippen LogP) is 1.24. The van der Waals surface area contributed by atoms with Gasteiger partial charge in [-0.1, -0.05) is 0 Å². The van der Waals surface area contributed by atoms with Gasteiger partial charge in [-0.25, -0.2) is 9.97 Å². The molecule has 3 aromatic rings. The fourth-order valence-corrected chi connectivity index (χ4v) is 3.81. The second-order valence-corrected chi connectivity index (χ2v) is 5.98. The van der Waals surface area contributed by atoms with E-state index in [2.05, 4.69) is 31.2 Å². The standard InChI is InChI=1S/C15H16N6/c16-13-4-10-11(6-19-13)20-15-14(10)12(1-2-17-15)21-7-8-3-9(21)5-18-8/h1-2,4,6,8-9,18H,3,5,7H2,(H2,16,19)(H,17,20). The highest BCUT2D eigenvalue weighted by atomic mass is 15.3. The van der Waals surface area contributed by atoms with Gasteiger partial charge in [-0.15, -0.1) is 0 Å². The minimum Gasteiger partial charge on any atom is -0.384 e. The van der Waals surface area contributed by atoms with Crippen LogP contribution < -0.4 is 16.0 Å². The number of hydrogen-bond acceptors (Lipinski definition) is 5. The van der Waals surface area contributed by atoms with Gasteiger partial charge in [-0.05, 0) is 18.6 Å². The second-order valence-electron chi connectivity index (χ2n) is 5.98. The van der Waals surface area contributed by atoms with Crippen molar-refractivity contribution in [1.29, 1.82) is 0 Å². The Hall–Kier alpha value is -2.34. The van der Waals surface area contributed by atoms with Gasteiger partial charge in [0.2, 0.25) is 0 Å². The molecule has 2 aliphatic heterocycles. The van der Waals surface area contributed by atoms with Gasteiger partial charge in [0.15, 0.2) is 0 Å². The molecule has 0 saturated carbocycles. The number of anilines is 2. The number of fused-ring (bicyclic) bond motifs is 5. The molecule has 0 radical (unpaired) electrons. The molecule has 5 heterocycles. The van der Waals surface area contributed by atoms with Gasteiger partial charge in [-0.2, -0.15) is 0 Å². The summed E-state index contributed by atoms with van der Waals surface area (Å²) in [5.41, 5.74) is 9.02. The van der Waals surface area contributed by atoms with Crippen LogP contribution in [-0.4, -0.2) is 40.1 Å². The highest BCUT2D eigenvalue weighted by Crippen LogP contribution is 2.37. The van der Waals surface area contributed by atoms with Gasteiger partial charge >= 0.3 is 0 Å². The molecule has 0 aromatic carbocycles. The number of nitrogens with zero attached hydrogens (tertiary/aromatic N) is 3. The summed E-state index contributed by atoms with van der Waals surface area (Å²) in [5, 5.41) is 5.82. The van der Waals surface area contributed by atoms with Crippen LogP contribution in [0.5, 0.6) is 0 Å². The van der Waals surface area contributed by atoms with Gasteiger partial charge in [0.1, 0.15) is 11.5 Å². The van der Waals surface area contributed by atoms with Crippen molar-refractivity contribution in [2.45, 2.75) is 18.5 Å². The number of H-pyrrole nitrogens is 1. The van der Waals surface area contributed by atoms with Crippen molar-refractivity contribution in [2.24, 2.45) is 0 Å². The van der Waals surface area contributed by atoms with Gasteiger partial charge in [-0.3, -0.25) is 0 Å². The Kier molecular flexibility index (Phi) is 2.08. The van der Waals surface area contributed by atoms with E-state index in [0.29, 0.717) is 17.9 Å². The molecule has 6 nitrogen and oxygen atoms in total. The van der Waals surface area contributed by atoms with Gasteiger partial charge < -0.3 is 20.9 Å². The molecule has 4 N–H and O–H groups in total. The molecule has 0 spiro atoms. The topological polar surface area (TPSA) is 82.9 Å². The van der Waals surface area contributed by atoms with Crippen LogP contribution in [0, 0.1) is 0 Å². The molecule has 5 rings (SSSR count). The van der Waals surface area contributed by atoms with Crippen molar-refractivity contribution in [1.82, 2.24) is 20.3 Å². The minimum atomic E-state index is 0.544. The molecule has 21 heavy (non-hydrogen) atoms. The molecular weight excluding hydrogens is 264 g/mol. The number of nitrogen functional groups attached to an aromatic ring is 1. The monoisotopic (exact) mass is 280 g/mol. The maximum atomic E-state index is 5.87. The van der Waals surface area contributed by atoms with Crippen molar-refractivity contribution in [2.75, 3.05) is 23.7 Å². The average Bonchev–Trinajstić information content (AvgIpc) is 3.19. The Morgan fingerprint density at radius 1 is 1.33 bits per heavy atom. The summed E-state index contributed by atoms with van der Waals surface area (Å²) in [7, 11) is 0. The molecule has 2 fully saturated rings. The number of aromatic amines is 1. The first-order valence-electron chi connectivity index (χ1n) is 7.31. The predicted molar refractivity (Wildman–Crippen MR) is 83.3 cm³/mol. The quantitative estimate of drug-likeness (QED) is 0.625. The number of aromatic nitrogens is 3. The highest BCUT2D eigenvalue weighted by molar-refractivity contribution is 6.12. The Balaban J connectivity index is 1.79. The summed E-state index contributed by atoms with van der Waals surface area (Å²) in [6, 6.07) is 5.26. The van der Waals surface area contributed by atoms with E-state index in [4.69, 9.17) is 5.73 Å². The summed E-state index contributed by atoms with van der Waals surface area (Å²) in [4.78, 5) is 14.5. The molecule has 2 saturated heterocycles. The molecule has 2 aliphatic rings. The molecule has 0 amide bonds. The molecule has 0 aliphatic carbocycles. The van der Waals surface area contributed by atoms with Crippen LogP contribution in [0.4, 0.5) is 11.5 Å².